The fourth-order valence-corrected chi connectivity index (χ4v) is 4.91. The van der Waals surface area contributed by atoms with Crippen molar-refractivity contribution in [3.8, 4) is 0 Å². The molecule has 0 N–H and O–H groups in total. The molecule has 0 saturated carbocycles. The van der Waals surface area contributed by atoms with E-state index in [1.54, 1.807) is 6.92 Å². The van der Waals surface area contributed by atoms with Crippen molar-refractivity contribution in [3.05, 3.63) is 23.5 Å². The van der Waals surface area contributed by atoms with Crippen molar-refractivity contribution in [1.82, 2.24) is 14.2 Å². The summed E-state index contributed by atoms with van der Waals surface area (Å²) in [5.41, 5.74) is 0.0533. The topological polar surface area (TPSA) is 37.8 Å². The van der Waals surface area contributed by atoms with Crippen molar-refractivity contribution < 1.29 is 22.6 Å². The summed E-state index contributed by atoms with van der Waals surface area (Å²) in [5.74, 6) is -0.306. The molecule has 0 atom stereocenters. The van der Waals surface area contributed by atoms with E-state index in [9.17, 15) is 13.2 Å². The van der Waals surface area contributed by atoms with Gasteiger partial charge in [0, 0.05) is 36.5 Å². The smallest absolute Gasteiger partial charge is 0.348 e. The molecule has 30 heavy (non-hydrogen) atoms. The van der Waals surface area contributed by atoms with Gasteiger partial charge in [0.25, 0.3) is 0 Å². The summed E-state index contributed by atoms with van der Waals surface area (Å²) in [7, 11) is 0. The van der Waals surface area contributed by atoms with Crippen LogP contribution in [0.4, 0.5) is 13.2 Å². The molecular formula is C21H34F3N3O2S. The van der Waals surface area contributed by atoms with E-state index in [-0.39, 0.29) is 5.79 Å². The average Bonchev–Trinajstić information content (AvgIpc) is 3.02. The Morgan fingerprint density at radius 2 is 1.63 bits per heavy atom. The number of halogens is 3. The number of likely N-dealkylation sites (tertiary alicyclic amines) is 1. The fourth-order valence-electron chi connectivity index (χ4n) is 3.65. The van der Waals surface area contributed by atoms with E-state index >= 15 is 0 Å². The van der Waals surface area contributed by atoms with Gasteiger partial charge in [0.05, 0.1) is 18.9 Å². The van der Waals surface area contributed by atoms with Gasteiger partial charge in [-0.1, -0.05) is 20.8 Å². The van der Waals surface area contributed by atoms with Gasteiger partial charge >= 0.3 is 6.18 Å². The lowest BCUT2D eigenvalue weighted by Gasteiger charge is -2.59. The first-order valence-electron chi connectivity index (χ1n) is 10.5. The lowest BCUT2D eigenvalue weighted by molar-refractivity contribution is -0.141. The van der Waals surface area contributed by atoms with E-state index in [4.69, 9.17) is 9.47 Å². The van der Waals surface area contributed by atoms with Crippen LogP contribution < -0.4 is 0 Å². The van der Waals surface area contributed by atoms with Crippen LogP contribution in [0, 0.1) is 12.3 Å². The summed E-state index contributed by atoms with van der Waals surface area (Å²) in [6.07, 6.45) is -4.37. The Morgan fingerprint density at radius 3 is 2.03 bits per heavy atom. The van der Waals surface area contributed by atoms with Gasteiger partial charge < -0.3 is 14.4 Å². The largest absolute Gasteiger partial charge is 0.433 e. The van der Waals surface area contributed by atoms with Crippen LogP contribution >= 0.6 is 11.9 Å². The highest BCUT2D eigenvalue weighted by Crippen LogP contribution is 2.44. The summed E-state index contributed by atoms with van der Waals surface area (Å²) in [6.45, 7) is 18.5. The van der Waals surface area contributed by atoms with Crippen LogP contribution in [-0.2, 0) is 15.7 Å². The van der Waals surface area contributed by atoms with Crippen LogP contribution in [0.2, 0.25) is 0 Å². The Labute approximate surface area is 182 Å². The average molecular weight is 450 g/mol. The van der Waals surface area contributed by atoms with Gasteiger partial charge in [-0.25, -0.2) is 9.29 Å². The van der Waals surface area contributed by atoms with Gasteiger partial charge in [-0.05, 0) is 51.4 Å². The zero-order valence-corrected chi connectivity index (χ0v) is 19.6. The Bertz CT molecular complexity index is 679. The standard InChI is InChI=1S/C14H18F3N3S.C5H10O2.C2H6/c1-3-19-6-13(7-19)8-20(9-13)21-11-4-5-12(14(15,16)17)18-10(11)2;1-5(2)6-3-4-7-5;1-2/h4-5H,3,6-9H2,1-2H3;3-4H2,1-2H3;1-2H3. The molecule has 1 spiro atoms. The lowest BCUT2D eigenvalue weighted by Crippen LogP contribution is -2.70. The number of nitrogens with zero attached hydrogens (tertiary/aromatic N) is 3. The van der Waals surface area contributed by atoms with Crippen molar-refractivity contribution in [2.45, 2.75) is 58.4 Å². The molecule has 3 aliphatic heterocycles. The van der Waals surface area contributed by atoms with Crippen molar-refractivity contribution >= 4 is 11.9 Å². The number of hydrogen-bond donors (Lipinski definition) is 0. The summed E-state index contributed by atoms with van der Waals surface area (Å²) < 4.78 is 50.2. The van der Waals surface area contributed by atoms with Gasteiger partial charge in [-0.3, -0.25) is 0 Å². The lowest BCUT2D eigenvalue weighted by atomic mass is 9.74. The molecule has 0 radical (unpaired) electrons. The van der Waals surface area contributed by atoms with Crippen LogP contribution in [0.1, 0.15) is 46.0 Å². The number of pyridine rings is 1. The minimum atomic E-state index is -4.37. The molecule has 0 unspecified atom stereocenters. The second-order valence-corrected chi connectivity index (χ2v) is 9.21. The maximum atomic E-state index is 12.6. The second-order valence-electron chi connectivity index (χ2n) is 8.07. The van der Waals surface area contributed by atoms with E-state index < -0.39 is 11.9 Å². The Morgan fingerprint density at radius 1 is 1.07 bits per heavy atom. The monoisotopic (exact) mass is 449 g/mol. The van der Waals surface area contributed by atoms with Crippen LogP contribution in [0.15, 0.2) is 17.0 Å². The molecule has 9 heteroatoms. The predicted octanol–water partition coefficient (Wildman–Crippen LogP) is 4.85. The number of hydrogen-bond acceptors (Lipinski definition) is 6. The third-order valence-corrected chi connectivity index (χ3v) is 6.27. The highest BCUT2D eigenvalue weighted by molar-refractivity contribution is 7.97. The minimum absolute atomic E-state index is 0.306. The van der Waals surface area contributed by atoms with Crippen LogP contribution in [0.3, 0.4) is 0 Å². The first kappa shape index (κ1) is 25.4. The van der Waals surface area contributed by atoms with Crippen LogP contribution in [-0.4, -0.2) is 65.9 Å². The first-order valence-corrected chi connectivity index (χ1v) is 11.3. The molecule has 172 valence electrons. The number of alkyl halides is 3. The normalized spacial score (nSPS) is 22.3. The molecule has 4 heterocycles. The molecule has 5 nitrogen and oxygen atoms in total. The maximum Gasteiger partial charge on any atom is 0.433 e. The number of aromatic nitrogens is 1. The molecule has 1 aromatic rings. The Hall–Kier alpha value is -0.870. The fraction of sp³-hybridized carbons (Fsp3) is 0.762. The first-order chi connectivity index (χ1) is 14.0. The maximum absolute atomic E-state index is 12.6. The van der Waals surface area contributed by atoms with E-state index in [1.165, 1.54) is 18.0 Å². The summed E-state index contributed by atoms with van der Waals surface area (Å²) in [6, 6.07) is 2.59. The van der Waals surface area contributed by atoms with Crippen LogP contribution in [0.25, 0.3) is 0 Å². The highest BCUT2D eigenvalue weighted by atomic mass is 32.2. The summed E-state index contributed by atoms with van der Waals surface area (Å²) in [5, 5.41) is 0. The third kappa shape index (κ3) is 6.56. The molecular weight excluding hydrogens is 415 g/mol. The zero-order valence-electron chi connectivity index (χ0n) is 18.8. The van der Waals surface area contributed by atoms with Crippen molar-refractivity contribution in [2.24, 2.45) is 5.41 Å². The number of aryl methyl sites for hydroxylation is 1. The van der Waals surface area contributed by atoms with E-state index in [0.29, 0.717) is 11.1 Å². The molecule has 0 bridgehead atoms. The predicted molar refractivity (Wildman–Crippen MR) is 113 cm³/mol. The SMILES string of the molecule is CC.CC1(C)OCCO1.CCN1CC2(C1)CN(Sc1ccc(C(F)(F)F)nc1C)C2. The summed E-state index contributed by atoms with van der Waals surface area (Å²) in [4.78, 5) is 6.89. The minimum Gasteiger partial charge on any atom is -0.348 e. The summed E-state index contributed by atoms with van der Waals surface area (Å²) >= 11 is 1.52. The Kier molecular flexibility index (Phi) is 8.60. The van der Waals surface area contributed by atoms with Gasteiger partial charge in [0.2, 0.25) is 0 Å². The van der Waals surface area contributed by atoms with Crippen molar-refractivity contribution in [2.75, 3.05) is 45.9 Å². The second kappa shape index (κ2) is 10.2. The molecule has 0 aromatic carbocycles. The van der Waals surface area contributed by atoms with E-state index in [2.05, 4.69) is 21.1 Å². The van der Waals surface area contributed by atoms with Crippen molar-refractivity contribution in [1.29, 1.82) is 0 Å². The quantitative estimate of drug-likeness (QED) is 0.615. The number of ether oxygens (including phenoxy) is 2. The van der Waals surface area contributed by atoms with Gasteiger partial charge in [-0.15, -0.1) is 0 Å². The third-order valence-electron chi connectivity index (χ3n) is 5.13. The molecule has 3 saturated heterocycles. The Balaban J connectivity index is 0.000000299. The van der Waals surface area contributed by atoms with E-state index in [0.717, 1.165) is 56.9 Å². The molecule has 0 aliphatic carbocycles. The van der Waals surface area contributed by atoms with Gasteiger partial charge in [-0.2, -0.15) is 13.2 Å². The molecule has 3 aliphatic rings. The molecule has 3 fully saturated rings. The van der Waals surface area contributed by atoms with Crippen molar-refractivity contribution in [3.63, 3.8) is 0 Å². The van der Waals surface area contributed by atoms with E-state index in [1.807, 2.05) is 27.7 Å². The van der Waals surface area contributed by atoms with Gasteiger partial charge in [0.1, 0.15) is 5.69 Å². The van der Waals surface area contributed by atoms with Crippen LogP contribution in [0.5, 0.6) is 0 Å². The van der Waals surface area contributed by atoms with Gasteiger partial charge in [0.15, 0.2) is 5.79 Å². The molecule has 1 aromatic heterocycles. The highest BCUT2D eigenvalue weighted by Gasteiger charge is 2.51. The molecule has 4 rings (SSSR count). The molecule has 0 amide bonds. The zero-order chi connectivity index (χ0) is 22.6. The number of rotatable bonds is 3.